The number of fused-ring (bicyclic) bond motifs is 1. The minimum absolute atomic E-state index is 0.171. The summed E-state index contributed by atoms with van der Waals surface area (Å²) in [6.07, 6.45) is 3.99. The molecule has 0 aromatic heterocycles. The number of amides is 1. The lowest BCUT2D eigenvalue weighted by Gasteiger charge is -2.30. The van der Waals surface area contributed by atoms with Gasteiger partial charge in [-0.05, 0) is 48.1 Å². The van der Waals surface area contributed by atoms with Crippen molar-refractivity contribution in [3.8, 4) is 0 Å². The van der Waals surface area contributed by atoms with Crippen LogP contribution in [0.5, 0.6) is 0 Å². The molecule has 5 heteroatoms. The molecule has 1 amide bonds. The maximum atomic E-state index is 13.3. The third-order valence-corrected chi connectivity index (χ3v) is 6.05. The Labute approximate surface area is 164 Å². The fourth-order valence-corrected chi connectivity index (χ4v) is 4.42. The monoisotopic (exact) mass is 381 g/mol. The van der Waals surface area contributed by atoms with Gasteiger partial charge >= 0.3 is 5.97 Å². The van der Waals surface area contributed by atoms with Gasteiger partial charge in [-0.3, -0.25) is 9.59 Å². The molecule has 1 aliphatic heterocycles. The zero-order valence-corrected chi connectivity index (χ0v) is 15.8. The van der Waals surface area contributed by atoms with Gasteiger partial charge in [0.15, 0.2) is 6.61 Å². The van der Waals surface area contributed by atoms with Gasteiger partial charge in [-0.2, -0.15) is 0 Å². The van der Waals surface area contributed by atoms with E-state index in [1.54, 1.807) is 17.0 Å². The molecule has 1 fully saturated rings. The van der Waals surface area contributed by atoms with Crippen molar-refractivity contribution >= 4 is 11.9 Å². The van der Waals surface area contributed by atoms with E-state index in [0.29, 0.717) is 25.9 Å². The Kier molecular flexibility index (Phi) is 5.16. The minimum atomic E-state index is -0.761. The second kappa shape index (κ2) is 7.74. The van der Waals surface area contributed by atoms with Crippen molar-refractivity contribution in [3.63, 3.8) is 0 Å². The highest BCUT2D eigenvalue weighted by Crippen LogP contribution is 2.42. The van der Waals surface area contributed by atoms with Crippen LogP contribution in [0.4, 0.5) is 4.39 Å². The van der Waals surface area contributed by atoms with Crippen LogP contribution in [-0.4, -0.2) is 29.9 Å². The lowest BCUT2D eigenvalue weighted by atomic mass is 9.79. The Bertz CT molecular complexity index is 872. The lowest BCUT2D eigenvalue weighted by Crippen LogP contribution is -2.41. The standard InChI is InChI=1S/C23H24FNO3/c24-20-9-7-19(8-10-20)23(12-3-4-13-23)22(27)28-16-21(26)25-14-11-17-5-1-2-6-18(17)15-25/h1-2,5-10H,3-4,11-16H2. The fourth-order valence-electron chi connectivity index (χ4n) is 4.42. The first-order valence-corrected chi connectivity index (χ1v) is 9.86. The number of esters is 1. The summed E-state index contributed by atoms with van der Waals surface area (Å²) in [6, 6.07) is 14.2. The predicted molar refractivity (Wildman–Crippen MR) is 103 cm³/mol. The van der Waals surface area contributed by atoms with Crippen molar-refractivity contribution in [1.82, 2.24) is 4.90 Å². The van der Waals surface area contributed by atoms with Crippen LogP contribution in [0.2, 0.25) is 0 Å². The molecule has 1 heterocycles. The van der Waals surface area contributed by atoms with E-state index >= 15 is 0 Å². The molecule has 0 atom stereocenters. The lowest BCUT2D eigenvalue weighted by molar-refractivity contribution is -0.157. The van der Waals surface area contributed by atoms with Gasteiger partial charge in [0.05, 0.1) is 5.41 Å². The van der Waals surface area contributed by atoms with Crippen molar-refractivity contribution in [2.45, 2.75) is 44.1 Å². The molecule has 1 saturated carbocycles. The molecule has 28 heavy (non-hydrogen) atoms. The van der Waals surface area contributed by atoms with Crippen LogP contribution < -0.4 is 0 Å². The molecule has 2 aliphatic rings. The molecule has 4 rings (SSSR count). The Morgan fingerprint density at radius 2 is 1.68 bits per heavy atom. The highest BCUT2D eigenvalue weighted by molar-refractivity contribution is 5.86. The number of hydrogen-bond donors (Lipinski definition) is 0. The van der Waals surface area contributed by atoms with Crippen molar-refractivity contribution in [1.29, 1.82) is 0 Å². The smallest absolute Gasteiger partial charge is 0.317 e. The Balaban J connectivity index is 1.41. The second-order valence-corrected chi connectivity index (χ2v) is 7.71. The summed E-state index contributed by atoms with van der Waals surface area (Å²) >= 11 is 0. The zero-order chi connectivity index (χ0) is 19.6. The summed E-state index contributed by atoms with van der Waals surface area (Å²) in [5.74, 6) is -0.872. The number of halogens is 1. The Morgan fingerprint density at radius 3 is 2.39 bits per heavy atom. The van der Waals surface area contributed by atoms with E-state index in [2.05, 4.69) is 6.07 Å². The van der Waals surface area contributed by atoms with Crippen LogP contribution in [0.1, 0.15) is 42.4 Å². The number of carbonyl (C=O) groups excluding carboxylic acids is 2. The molecule has 0 saturated heterocycles. The van der Waals surface area contributed by atoms with Gasteiger partial charge in [-0.1, -0.05) is 49.2 Å². The minimum Gasteiger partial charge on any atom is -0.455 e. The van der Waals surface area contributed by atoms with Gasteiger partial charge in [0.25, 0.3) is 5.91 Å². The first-order valence-electron chi connectivity index (χ1n) is 9.86. The SMILES string of the molecule is O=C(COC(=O)C1(c2ccc(F)cc2)CCCC1)N1CCc2ccccc2C1. The van der Waals surface area contributed by atoms with E-state index in [1.807, 2.05) is 18.2 Å². The molecule has 0 unspecified atom stereocenters. The van der Waals surface area contributed by atoms with Crippen LogP contribution >= 0.6 is 0 Å². The van der Waals surface area contributed by atoms with Gasteiger partial charge in [0.2, 0.25) is 0 Å². The van der Waals surface area contributed by atoms with Crippen molar-refractivity contribution < 1.29 is 18.7 Å². The quantitative estimate of drug-likeness (QED) is 0.758. The summed E-state index contributed by atoms with van der Waals surface area (Å²) < 4.78 is 18.8. The van der Waals surface area contributed by atoms with Crippen LogP contribution in [0.15, 0.2) is 48.5 Å². The number of nitrogens with zero attached hydrogens (tertiary/aromatic N) is 1. The fraction of sp³-hybridized carbons (Fsp3) is 0.391. The van der Waals surface area contributed by atoms with Crippen molar-refractivity contribution in [2.75, 3.05) is 13.2 Å². The Morgan fingerprint density at radius 1 is 1.00 bits per heavy atom. The van der Waals surface area contributed by atoms with Crippen LogP contribution in [-0.2, 0) is 32.7 Å². The van der Waals surface area contributed by atoms with Crippen LogP contribution in [0.3, 0.4) is 0 Å². The molecule has 0 N–H and O–H groups in total. The molecule has 1 aliphatic carbocycles. The van der Waals surface area contributed by atoms with E-state index in [1.165, 1.54) is 17.7 Å². The zero-order valence-electron chi connectivity index (χ0n) is 15.8. The van der Waals surface area contributed by atoms with Gasteiger partial charge in [-0.25, -0.2) is 4.39 Å². The summed E-state index contributed by atoms with van der Waals surface area (Å²) in [5, 5.41) is 0. The second-order valence-electron chi connectivity index (χ2n) is 7.71. The van der Waals surface area contributed by atoms with Crippen LogP contribution in [0, 0.1) is 5.82 Å². The number of carbonyl (C=O) groups is 2. The topological polar surface area (TPSA) is 46.6 Å². The summed E-state index contributed by atoms with van der Waals surface area (Å²) in [7, 11) is 0. The maximum Gasteiger partial charge on any atom is 0.317 e. The number of hydrogen-bond acceptors (Lipinski definition) is 3. The average molecular weight is 381 g/mol. The number of rotatable bonds is 4. The highest BCUT2D eigenvalue weighted by atomic mass is 19.1. The van der Waals surface area contributed by atoms with E-state index in [9.17, 15) is 14.0 Å². The maximum absolute atomic E-state index is 13.3. The Hall–Kier alpha value is -2.69. The van der Waals surface area contributed by atoms with E-state index < -0.39 is 5.41 Å². The average Bonchev–Trinajstić information content (AvgIpc) is 3.23. The van der Waals surface area contributed by atoms with E-state index in [4.69, 9.17) is 4.74 Å². The van der Waals surface area contributed by atoms with E-state index in [-0.39, 0.29) is 24.3 Å². The number of ether oxygens (including phenoxy) is 1. The molecular formula is C23H24FNO3. The normalized spacial score (nSPS) is 17.8. The van der Waals surface area contributed by atoms with Gasteiger partial charge < -0.3 is 9.64 Å². The molecule has 146 valence electrons. The van der Waals surface area contributed by atoms with Gasteiger partial charge in [0.1, 0.15) is 5.82 Å². The van der Waals surface area contributed by atoms with Gasteiger partial charge in [-0.15, -0.1) is 0 Å². The third-order valence-electron chi connectivity index (χ3n) is 6.05. The van der Waals surface area contributed by atoms with Crippen LogP contribution in [0.25, 0.3) is 0 Å². The molecule has 0 radical (unpaired) electrons. The molecule has 4 nitrogen and oxygen atoms in total. The molecule has 2 aromatic rings. The third kappa shape index (κ3) is 3.53. The first-order chi connectivity index (χ1) is 13.6. The van der Waals surface area contributed by atoms with E-state index in [0.717, 1.165) is 30.4 Å². The molecule has 0 spiro atoms. The summed E-state index contributed by atoms with van der Waals surface area (Å²) in [6.45, 7) is 0.941. The number of benzene rings is 2. The summed E-state index contributed by atoms with van der Waals surface area (Å²) in [5.41, 5.74) is 2.43. The largest absolute Gasteiger partial charge is 0.455 e. The predicted octanol–water partition coefficient (Wildman–Crippen LogP) is 3.77. The molecule has 2 aromatic carbocycles. The van der Waals surface area contributed by atoms with Crippen molar-refractivity contribution in [2.24, 2.45) is 0 Å². The van der Waals surface area contributed by atoms with Crippen molar-refractivity contribution in [3.05, 3.63) is 71.0 Å². The molecular weight excluding hydrogens is 357 g/mol. The van der Waals surface area contributed by atoms with Gasteiger partial charge in [0, 0.05) is 13.1 Å². The summed E-state index contributed by atoms with van der Waals surface area (Å²) in [4.78, 5) is 27.3. The first kappa shape index (κ1) is 18.7. The highest BCUT2D eigenvalue weighted by Gasteiger charge is 2.44. The molecule has 0 bridgehead atoms.